The second kappa shape index (κ2) is 14.7. The predicted octanol–water partition coefficient (Wildman–Crippen LogP) is 14.4. The maximum absolute atomic E-state index is 5.31. The van der Waals surface area contributed by atoms with Crippen LogP contribution in [0.3, 0.4) is 0 Å². The fraction of sp³-hybridized carbons (Fsp3) is 0. The van der Waals surface area contributed by atoms with E-state index >= 15 is 0 Å². The molecule has 0 aliphatic heterocycles. The van der Waals surface area contributed by atoms with Crippen molar-refractivity contribution in [1.29, 1.82) is 0 Å². The van der Waals surface area contributed by atoms with Crippen molar-refractivity contribution in [2.75, 3.05) is 0 Å². The molecule has 0 saturated carbocycles. The highest BCUT2D eigenvalue weighted by Crippen LogP contribution is 2.43. The van der Waals surface area contributed by atoms with Crippen LogP contribution in [0.2, 0.25) is 0 Å². The second-order valence-corrected chi connectivity index (χ2v) is 15.7. The van der Waals surface area contributed by atoms with Crippen LogP contribution in [-0.4, -0.2) is 24.1 Å². The van der Waals surface area contributed by atoms with E-state index in [2.05, 4.69) is 197 Å². The zero-order valence-corrected chi connectivity index (χ0v) is 33.6. The molecule has 290 valence electrons. The van der Waals surface area contributed by atoms with Crippen LogP contribution < -0.4 is 0 Å². The Kier molecular flexibility index (Phi) is 8.42. The summed E-state index contributed by atoms with van der Waals surface area (Å²) in [5.41, 5.74) is 14.1. The lowest BCUT2D eigenvalue weighted by Gasteiger charge is -2.16. The van der Waals surface area contributed by atoms with E-state index in [0.29, 0.717) is 17.6 Å². The van der Waals surface area contributed by atoms with Crippen LogP contribution in [0.5, 0.6) is 0 Å². The normalized spacial score (nSPS) is 11.5. The highest BCUT2D eigenvalue weighted by atomic mass is 15.2. The van der Waals surface area contributed by atoms with Crippen LogP contribution in [0.1, 0.15) is 0 Å². The van der Waals surface area contributed by atoms with Crippen molar-refractivity contribution >= 4 is 43.6 Å². The molecule has 0 amide bonds. The largest absolute Gasteiger partial charge is 0.307 e. The van der Waals surface area contributed by atoms with Crippen molar-refractivity contribution in [3.63, 3.8) is 0 Å². The molecule has 3 heterocycles. The number of hydrogen-bond acceptors (Lipinski definition) is 3. The van der Waals surface area contributed by atoms with Gasteiger partial charge in [0.05, 0.1) is 22.1 Å². The lowest BCUT2D eigenvalue weighted by Crippen LogP contribution is -2.07. The number of nitrogens with zero attached hydrogens (tertiary/aromatic N) is 5. The Bertz CT molecular complexity index is 3550. The van der Waals surface area contributed by atoms with Gasteiger partial charge in [-0.15, -0.1) is 0 Å². The van der Waals surface area contributed by atoms with Crippen LogP contribution in [-0.2, 0) is 0 Å². The molecule has 3 aromatic heterocycles. The van der Waals surface area contributed by atoms with E-state index in [9.17, 15) is 0 Å². The molecule has 12 rings (SSSR count). The predicted molar refractivity (Wildman–Crippen MR) is 256 cm³/mol. The minimum atomic E-state index is 0.560. The maximum Gasteiger partial charge on any atom is 0.238 e. The van der Waals surface area contributed by atoms with Crippen LogP contribution in [0.15, 0.2) is 224 Å². The lowest BCUT2D eigenvalue weighted by atomic mass is 9.95. The number of para-hydroxylation sites is 2. The molecule has 0 aliphatic rings. The molecule has 62 heavy (non-hydrogen) atoms. The van der Waals surface area contributed by atoms with Gasteiger partial charge >= 0.3 is 0 Å². The molecular formula is C57H37N5. The molecule has 5 nitrogen and oxygen atoms in total. The average Bonchev–Trinajstić information content (AvgIpc) is 3.88. The first-order valence-corrected chi connectivity index (χ1v) is 20.9. The third-order valence-corrected chi connectivity index (χ3v) is 11.9. The zero-order valence-electron chi connectivity index (χ0n) is 33.6. The van der Waals surface area contributed by atoms with E-state index in [0.717, 1.165) is 77.3 Å². The van der Waals surface area contributed by atoms with Gasteiger partial charge in [0.2, 0.25) is 5.95 Å². The van der Waals surface area contributed by atoms with Crippen molar-refractivity contribution in [2.45, 2.75) is 0 Å². The molecule has 0 radical (unpaired) electrons. The quantitative estimate of drug-likeness (QED) is 0.162. The van der Waals surface area contributed by atoms with Crippen molar-refractivity contribution in [1.82, 2.24) is 24.1 Å². The molecule has 5 heteroatoms. The van der Waals surface area contributed by atoms with E-state index in [1.54, 1.807) is 0 Å². The van der Waals surface area contributed by atoms with E-state index in [4.69, 9.17) is 15.0 Å². The highest BCUT2D eigenvalue weighted by Gasteiger charge is 2.24. The van der Waals surface area contributed by atoms with Gasteiger partial charge in [-0.1, -0.05) is 188 Å². The van der Waals surface area contributed by atoms with Crippen LogP contribution >= 0.6 is 0 Å². The summed E-state index contributed by atoms with van der Waals surface area (Å²) in [6.45, 7) is 0. The Morgan fingerprint density at radius 2 is 0.645 bits per heavy atom. The van der Waals surface area contributed by atoms with Gasteiger partial charge in [0.1, 0.15) is 0 Å². The van der Waals surface area contributed by atoms with Crippen molar-refractivity contribution in [2.24, 2.45) is 0 Å². The molecule has 0 N–H and O–H groups in total. The molecule has 0 aliphatic carbocycles. The van der Waals surface area contributed by atoms with Gasteiger partial charge in [-0.3, -0.25) is 4.57 Å². The van der Waals surface area contributed by atoms with Gasteiger partial charge < -0.3 is 4.57 Å². The topological polar surface area (TPSA) is 48.5 Å². The molecule has 0 atom stereocenters. The number of fused-ring (bicyclic) bond motifs is 7. The zero-order chi connectivity index (χ0) is 41.0. The monoisotopic (exact) mass is 791 g/mol. The first-order valence-electron chi connectivity index (χ1n) is 20.9. The van der Waals surface area contributed by atoms with Crippen molar-refractivity contribution in [3.8, 4) is 67.8 Å². The first kappa shape index (κ1) is 35.5. The second-order valence-electron chi connectivity index (χ2n) is 15.7. The Balaban J connectivity index is 1.19. The Morgan fingerprint density at radius 3 is 1.19 bits per heavy atom. The molecule has 0 spiro atoms. The number of rotatable bonds is 7. The van der Waals surface area contributed by atoms with Gasteiger partial charge in [0.25, 0.3) is 0 Å². The molecule has 0 saturated heterocycles. The number of benzene rings is 9. The summed E-state index contributed by atoms with van der Waals surface area (Å²) in [7, 11) is 0. The van der Waals surface area contributed by atoms with Crippen LogP contribution in [0.4, 0.5) is 0 Å². The Labute approximate surface area is 358 Å². The van der Waals surface area contributed by atoms with E-state index in [-0.39, 0.29) is 0 Å². The average molecular weight is 792 g/mol. The van der Waals surface area contributed by atoms with Gasteiger partial charge in [0.15, 0.2) is 11.6 Å². The highest BCUT2D eigenvalue weighted by molar-refractivity contribution is 6.23. The molecular weight excluding hydrogens is 755 g/mol. The maximum atomic E-state index is 5.31. The van der Waals surface area contributed by atoms with Crippen molar-refractivity contribution < 1.29 is 0 Å². The number of aromatic nitrogens is 5. The molecule has 0 bridgehead atoms. The SMILES string of the molecule is c1ccc(-c2cccc(-c3cc(-c4ccccc4)cc(-n4c5ccccc5c5ccc6c7ccccc7n(-c7nc(-c8ccccc8)nc(-c8ccccc8)n7)c6c54)c3)c2)cc1. The smallest absolute Gasteiger partial charge is 0.238 e. The van der Waals surface area contributed by atoms with Crippen LogP contribution in [0.25, 0.3) is 111 Å². The molecule has 0 fully saturated rings. The third kappa shape index (κ3) is 5.98. The Morgan fingerprint density at radius 1 is 0.258 bits per heavy atom. The summed E-state index contributed by atoms with van der Waals surface area (Å²) < 4.78 is 4.71. The Hall–Kier alpha value is -8.41. The van der Waals surface area contributed by atoms with Gasteiger partial charge in [0, 0.05) is 38.4 Å². The molecule has 9 aromatic carbocycles. The van der Waals surface area contributed by atoms with E-state index in [1.165, 1.54) is 16.5 Å². The summed E-state index contributed by atoms with van der Waals surface area (Å²) >= 11 is 0. The fourth-order valence-corrected chi connectivity index (χ4v) is 9.09. The summed E-state index contributed by atoms with van der Waals surface area (Å²) in [5, 5.41) is 4.57. The summed E-state index contributed by atoms with van der Waals surface area (Å²) in [6.07, 6.45) is 0. The summed E-state index contributed by atoms with van der Waals surface area (Å²) in [5.74, 6) is 1.79. The van der Waals surface area contributed by atoms with Crippen molar-refractivity contribution in [3.05, 3.63) is 224 Å². The number of hydrogen-bond donors (Lipinski definition) is 0. The minimum absolute atomic E-state index is 0.560. The van der Waals surface area contributed by atoms with Gasteiger partial charge in [-0.25, -0.2) is 4.98 Å². The first-order chi connectivity index (χ1) is 30.7. The fourth-order valence-electron chi connectivity index (χ4n) is 9.09. The summed E-state index contributed by atoms with van der Waals surface area (Å²) in [4.78, 5) is 15.7. The summed E-state index contributed by atoms with van der Waals surface area (Å²) in [6, 6.07) is 79.5. The molecule has 0 unspecified atom stereocenters. The van der Waals surface area contributed by atoms with E-state index < -0.39 is 0 Å². The minimum Gasteiger partial charge on any atom is -0.307 e. The van der Waals surface area contributed by atoms with E-state index in [1.807, 2.05) is 36.4 Å². The van der Waals surface area contributed by atoms with Gasteiger partial charge in [-0.2, -0.15) is 9.97 Å². The van der Waals surface area contributed by atoms with Crippen LogP contribution in [0, 0.1) is 0 Å². The third-order valence-electron chi connectivity index (χ3n) is 11.9. The standard InChI is InChI=1S/C57H37N5/c1-5-18-38(19-6-1)42-26-17-27-43(34-42)45-35-44(39-20-7-2-8-21-39)36-46(37-45)61-51-30-15-13-28-47(51)49-32-33-50-48-29-14-16-31-52(48)62(54(50)53(49)61)57-59-55(40-22-9-3-10-23-40)58-56(60-57)41-24-11-4-12-25-41/h1-37H. The van der Waals surface area contributed by atoms with Gasteiger partial charge in [-0.05, 0) is 69.8 Å². The lowest BCUT2D eigenvalue weighted by molar-refractivity contribution is 0.953. The molecule has 12 aromatic rings.